The van der Waals surface area contributed by atoms with E-state index in [0.717, 1.165) is 11.0 Å². The van der Waals surface area contributed by atoms with Crippen LogP contribution in [-0.2, 0) is 9.53 Å². The first-order valence-corrected chi connectivity index (χ1v) is 9.15. The van der Waals surface area contributed by atoms with Gasteiger partial charge in [0.05, 0.1) is 24.1 Å². The summed E-state index contributed by atoms with van der Waals surface area (Å²) in [4.78, 5) is 31.2. The lowest BCUT2D eigenvalue weighted by Gasteiger charge is -2.39. The summed E-state index contributed by atoms with van der Waals surface area (Å²) in [5, 5.41) is 14.9. The van der Waals surface area contributed by atoms with E-state index in [1.54, 1.807) is 24.1 Å². The Hall–Kier alpha value is -2.48. The third-order valence-electron chi connectivity index (χ3n) is 5.22. The Morgan fingerprint density at radius 1 is 1.41 bits per heavy atom. The quantitative estimate of drug-likeness (QED) is 0.862. The number of hydrogen-bond acceptors (Lipinski definition) is 5. The number of carbonyl (C=O) groups excluding carboxylic acids is 1. The Kier molecular flexibility index (Phi) is 5.19. The normalized spacial score (nSPS) is 20.4. The summed E-state index contributed by atoms with van der Waals surface area (Å²) in [6.07, 6.45) is 2.83. The van der Waals surface area contributed by atoms with Crippen LogP contribution < -0.4 is 0 Å². The van der Waals surface area contributed by atoms with E-state index in [-0.39, 0.29) is 25.1 Å². The van der Waals surface area contributed by atoms with Crippen LogP contribution in [-0.4, -0.2) is 63.5 Å². The third kappa shape index (κ3) is 3.41. The molecule has 1 atom stereocenters. The van der Waals surface area contributed by atoms with E-state index in [1.807, 2.05) is 18.5 Å². The van der Waals surface area contributed by atoms with Gasteiger partial charge in [0.25, 0.3) is 5.91 Å². The number of aliphatic carboxylic acids is 1. The number of likely N-dealkylation sites (tertiary alicyclic amines) is 1. The molecule has 27 heavy (non-hydrogen) atoms. The minimum absolute atomic E-state index is 0.0868. The summed E-state index contributed by atoms with van der Waals surface area (Å²) >= 11 is 0. The van der Waals surface area contributed by atoms with Crippen molar-refractivity contribution in [3.05, 3.63) is 23.5 Å². The van der Waals surface area contributed by atoms with E-state index < -0.39 is 11.4 Å². The average molecular weight is 374 g/mol. The number of carbonyl (C=O) groups is 2. The van der Waals surface area contributed by atoms with Crippen LogP contribution in [0.15, 0.2) is 12.3 Å². The first-order chi connectivity index (χ1) is 12.8. The molecule has 2 aromatic rings. The molecule has 0 aliphatic carbocycles. The largest absolute Gasteiger partial charge is 0.481 e. The molecule has 1 aliphatic rings. The molecule has 0 aromatic carbocycles. The smallest absolute Gasteiger partial charge is 0.313 e. The fourth-order valence-electron chi connectivity index (χ4n) is 3.77. The number of amides is 1. The molecule has 0 spiro atoms. The topological polar surface area (TPSA) is 97.5 Å². The molecule has 1 fully saturated rings. The number of hydrogen-bond donors (Lipinski definition) is 1. The van der Waals surface area contributed by atoms with Crippen LogP contribution in [0.1, 0.15) is 48.8 Å². The molecule has 8 heteroatoms. The molecule has 1 unspecified atom stereocenters. The second-order valence-electron chi connectivity index (χ2n) is 7.57. The molecule has 1 amide bonds. The number of pyridine rings is 1. The highest BCUT2D eigenvalue weighted by Gasteiger charge is 2.44. The highest BCUT2D eigenvalue weighted by Crippen LogP contribution is 2.32. The third-order valence-corrected chi connectivity index (χ3v) is 5.22. The molecular weight excluding hydrogens is 348 g/mol. The molecule has 0 bridgehead atoms. The maximum absolute atomic E-state index is 13.1. The molecular formula is C19H26N4O4. The van der Waals surface area contributed by atoms with Crippen molar-refractivity contribution in [1.29, 1.82) is 0 Å². The average Bonchev–Trinajstić information content (AvgIpc) is 3.03. The van der Waals surface area contributed by atoms with Gasteiger partial charge >= 0.3 is 5.97 Å². The summed E-state index contributed by atoms with van der Waals surface area (Å²) < 4.78 is 6.97. The van der Waals surface area contributed by atoms with Crippen molar-refractivity contribution in [1.82, 2.24) is 19.7 Å². The van der Waals surface area contributed by atoms with E-state index in [4.69, 9.17) is 4.74 Å². The van der Waals surface area contributed by atoms with Crippen LogP contribution in [0.5, 0.6) is 0 Å². The number of carboxylic acids is 1. The Morgan fingerprint density at radius 3 is 2.78 bits per heavy atom. The van der Waals surface area contributed by atoms with Gasteiger partial charge < -0.3 is 14.7 Å². The van der Waals surface area contributed by atoms with E-state index in [9.17, 15) is 14.7 Å². The first-order valence-electron chi connectivity index (χ1n) is 9.15. The molecule has 1 N–H and O–H groups in total. The maximum atomic E-state index is 13.1. The predicted molar refractivity (Wildman–Crippen MR) is 99.7 cm³/mol. The number of rotatable bonds is 5. The summed E-state index contributed by atoms with van der Waals surface area (Å²) in [5.74, 6) is -1.12. The number of piperidine rings is 1. The van der Waals surface area contributed by atoms with Crippen LogP contribution in [0.4, 0.5) is 0 Å². The monoisotopic (exact) mass is 374 g/mol. The van der Waals surface area contributed by atoms with Crippen LogP contribution >= 0.6 is 0 Å². The number of carboxylic acid groups (broad SMARTS) is 1. The van der Waals surface area contributed by atoms with E-state index in [1.165, 1.54) is 7.11 Å². The van der Waals surface area contributed by atoms with E-state index in [2.05, 4.69) is 10.1 Å². The van der Waals surface area contributed by atoms with Gasteiger partial charge in [-0.25, -0.2) is 9.67 Å². The van der Waals surface area contributed by atoms with Gasteiger partial charge in [0.15, 0.2) is 5.65 Å². The van der Waals surface area contributed by atoms with Gasteiger partial charge in [-0.05, 0) is 39.7 Å². The van der Waals surface area contributed by atoms with Crippen LogP contribution in [0.25, 0.3) is 11.0 Å². The second kappa shape index (κ2) is 7.26. The zero-order valence-corrected chi connectivity index (χ0v) is 16.2. The molecule has 0 saturated carbocycles. The number of aromatic nitrogens is 3. The Labute approximate surface area is 158 Å². The van der Waals surface area contributed by atoms with Crippen molar-refractivity contribution in [2.75, 3.05) is 26.8 Å². The summed E-state index contributed by atoms with van der Waals surface area (Å²) in [5.41, 5.74) is 0.797. The van der Waals surface area contributed by atoms with Crippen LogP contribution in [0.3, 0.4) is 0 Å². The fraction of sp³-hybridized carbons (Fsp3) is 0.579. The minimum atomic E-state index is -1.06. The summed E-state index contributed by atoms with van der Waals surface area (Å²) in [6, 6.07) is 1.97. The van der Waals surface area contributed by atoms with E-state index in [0.29, 0.717) is 30.6 Å². The van der Waals surface area contributed by atoms with Gasteiger partial charge in [0.1, 0.15) is 5.41 Å². The lowest BCUT2D eigenvalue weighted by molar-refractivity contribution is -0.155. The van der Waals surface area contributed by atoms with Gasteiger partial charge in [-0.2, -0.15) is 5.10 Å². The molecule has 1 saturated heterocycles. The van der Waals surface area contributed by atoms with Crippen molar-refractivity contribution in [2.24, 2.45) is 5.41 Å². The molecule has 3 rings (SSSR count). The Balaban J connectivity index is 1.93. The predicted octanol–water partition coefficient (Wildman–Crippen LogP) is 2.27. The van der Waals surface area contributed by atoms with Crippen molar-refractivity contribution in [3.63, 3.8) is 0 Å². The van der Waals surface area contributed by atoms with Crippen molar-refractivity contribution < 1.29 is 19.4 Å². The maximum Gasteiger partial charge on any atom is 0.313 e. The van der Waals surface area contributed by atoms with Gasteiger partial charge in [-0.15, -0.1) is 0 Å². The van der Waals surface area contributed by atoms with Crippen LogP contribution in [0.2, 0.25) is 0 Å². The second-order valence-corrected chi connectivity index (χ2v) is 7.57. The summed E-state index contributed by atoms with van der Waals surface area (Å²) in [7, 11) is 1.49. The van der Waals surface area contributed by atoms with Gasteiger partial charge in [-0.3, -0.25) is 9.59 Å². The van der Waals surface area contributed by atoms with Crippen molar-refractivity contribution in [2.45, 2.75) is 39.7 Å². The van der Waals surface area contributed by atoms with Crippen molar-refractivity contribution in [3.8, 4) is 0 Å². The molecule has 0 radical (unpaired) electrons. The van der Waals surface area contributed by atoms with E-state index >= 15 is 0 Å². The Bertz CT molecular complexity index is 872. The number of aryl methyl sites for hydroxylation is 1. The van der Waals surface area contributed by atoms with Gasteiger partial charge in [0.2, 0.25) is 0 Å². The minimum Gasteiger partial charge on any atom is -0.481 e. The highest BCUT2D eigenvalue weighted by atomic mass is 16.5. The lowest BCUT2D eigenvalue weighted by Crippen LogP contribution is -2.52. The SMILES string of the molecule is COCC1(C(=O)O)CCCN(C(=O)c2cc3cnn(C(C)C)c3nc2C)C1. The lowest BCUT2D eigenvalue weighted by atomic mass is 9.80. The van der Waals surface area contributed by atoms with Crippen molar-refractivity contribution >= 4 is 22.9 Å². The number of methoxy groups -OCH3 is 1. The number of fused-ring (bicyclic) bond motifs is 1. The van der Waals surface area contributed by atoms with Gasteiger partial charge in [-0.1, -0.05) is 0 Å². The molecule has 2 aromatic heterocycles. The standard InChI is InChI=1S/C19H26N4O4/c1-12(2)23-16-14(9-20-23)8-15(13(3)21-16)17(24)22-7-5-6-19(10-22,11-27-4)18(25)26/h8-9,12H,5-7,10-11H2,1-4H3,(H,25,26). The zero-order valence-electron chi connectivity index (χ0n) is 16.2. The number of nitrogens with zero attached hydrogens (tertiary/aromatic N) is 4. The Morgan fingerprint density at radius 2 is 2.15 bits per heavy atom. The molecule has 8 nitrogen and oxygen atoms in total. The number of ether oxygens (including phenoxy) is 1. The zero-order chi connectivity index (χ0) is 19.8. The summed E-state index contributed by atoms with van der Waals surface area (Å²) in [6.45, 7) is 6.60. The molecule has 3 heterocycles. The van der Waals surface area contributed by atoms with Crippen LogP contribution in [0, 0.1) is 12.3 Å². The molecule has 1 aliphatic heterocycles. The first kappa shape index (κ1) is 19.3. The fourth-order valence-corrected chi connectivity index (χ4v) is 3.77. The highest BCUT2D eigenvalue weighted by molar-refractivity contribution is 5.98. The van der Waals surface area contributed by atoms with Gasteiger partial charge in [0, 0.05) is 31.6 Å². The molecule has 146 valence electrons.